The van der Waals surface area contributed by atoms with Crippen molar-refractivity contribution >= 4 is 29.0 Å². The van der Waals surface area contributed by atoms with E-state index in [1.807, 2.05) is 24.4 Å². The maximum Gasteiger partial charge on any atom is 0.234 e. The number of tetrazole rings is 1. The monoisotopic (exact) mass is 376 g/mol. The normalized spacial score (nSPS) is 17.6. The summed E-state index contributed by atoms with van der Waals surface area (Å²) in [7, 11) is 0. The minimum absolute atomic E-state index is 0.140. The van der Waals surface area contributed by atoms with Gasteiger partial charge < -0.3 is 5.32 Å². The van der Waals surface area contributed by atoms with Gasteiger partial charge in [-0.2, -0.15) is 5.26 Å². The van der Waals surface area contributed by atoms with Gasteiger partial charge in [-0.1, -0.05) is 37.1 Å². The van der Waals surface area contributed by atoms with Crippen molar-refractivity contribution in [3.8, 4) is 6.07 Å². The summed E-state index contributed by atoms with van der Waals surface area (Å²) in [6, 6.07) is 6.33. The van der Waals surface area contributed by atoms with Crippen LogP contribution in [0, 0.1) is 11.3 Å². The number of amides is 1. The molecule has 0 aliphatic heterocycles. The lowest BCUT2D eigenvalue weighted by molar-refractivity contribution is -0.121. The van der Waals surface area contributed by atoms with Crippen molar-refractivity contribution in [3.05, 3.63) is 22.4 Å². The van der Waals surface area contributed by atoms with Gasteiger partial charge in [0.25, 0.3) is 0 Å². The molecule has 1 aliphatic rings. The second-order valence-electron chi connectivity index (χ2n) is 6.20. The highest BCUT2D eigenvalue weighted by Gasteiger charge is 2.35. The second-order valence-corrected chi connectivity index (χ2v) is 8.54. The summed E-state index contributed by atoms with van der Waals surface area (Å²) in [6.45, 7) is 2.40. The van der Waals surface area contributed by atoms with Crippen molar-refractivity contribution in [1.82, 2.24) is 25.5 Å². The Kier molecular flexibility index (Phi) is 5.71. The van der Waals surface area contributed by atoms with Crippen LogP contribution in [0.15, 0.2) is 22.7 Å². The largest absolute Gasteiger partial charge is 0.337 e. The maximum atomic E-state index is 12.6. The molecule has 1 N–H and O–H groups in total. The lowest BCUT2D eigenvalue weighted by Crippen LogP contribution is -2.51. The van der Waals surface area contributed by atoms with E-state index in [2.05, 4.69) is 26.9 Å². The van der Waals surface area contributed by atoms with Crippen molar-refractivity contribution in [2.24, 2.45) is 0 Å². The molecule has 25 heavy (non-hydrogen) atoms. The topological polar surface area (TPSA) is 96.5 Å². The lowest BCUT2D eigenvalue weighted by atomic mass is 9.83. The number of rotatable bonds is 6. The molecule has 0 aromatic carbocycles. The van der Waals surface area contributed by atoms with E-state index in [0.717, 1.165) is 37.0 Å². The van der Waals surface area contributed by atoms with Crippen LogP contribution >= 0.6 is 23.1 Å². The van der Waals surface area contributed by atoms with Crippen molar-refractivity contribution < 1.29 is 4.79 Å². The number of hydrogen-bond acceptors (Lipinski definition) is 7. The number of hydrogen-bond donors (Lipinski definition) is 1. The van der Waals surface area contributed by atoms with Crippen LogP contribution in [-0.2, 0) is 11.3 Å². The van der Waals surface area contributed by atoms with Crippen molar-refractivity contribution in [2.45, 2.75) is 61.5 Å². The van der Waals surface area contributed by atoms with Crippen LogP contribution in [-0.4, -0.2) is 36.9 Å². The van der Waals surface area contributed by atoms with E-state index in [-0.39, 0.29) is 11.2 Å². The molecule has 7 nitrogen and oxygen atoms in total. The Bertz CT molecular complexity index is 745. The predicted molar refractivity (Wildman–Crippen MR) is 96.1 cm³/mol. The summed E-state index contributed by atoms with van der Waals surface area (Å²) in [5, 5.41) is 26.5. The molecule has 2 aromatic rings. The summed E-state index contributed by atoms with van der Waals surface area (Å²) < 4.78 is 1.70. The Balaban J connectivity index is 1.62. The Morgan fingerprint density at radius 2 is 2.32 bits per heavy atom. The number of nitrogens with zero attached hydrogens (tertiary/aromatic N) is 5. The zero-order valence-electron chi connectivity index (χ0n) is 14.0. The van der Waals surface area contributed by atoms with E-state index < -0.39 is 5.54 Å². The number of thioether (sulfide) groups is 1. The molecule has 132 valence electrons. The third-order valence-corrected chi connectivity index (χ3v) is 6.25. The summed E-state index contributed by atoms with van der Waals surface area (Å²) in [4.78, 5) is 13.7. The number of nitriles is 1. The fraction of sp³-hybridized carbons (Fsp3) is 0.562. The molecular weight excluding hydrogens is 356 g/mol. The smallest absolute Gasteiger partial charge is 0.234 e. The Morgan fingerprint density at radius 1 is 1.52 bits per heavy atom. The Labute approximate surface area is 154 Å². The first-order chi connectivity index (χ1) is 12.1. The third-order valence-electron chi connectivity index (χ3n) is 4.32. The quantitative estimate of drug-likeness (QED) is 0.779. The van der Waals surface area contributed by atoms with Crippen LogP contribution < -0.4 is 5.32 Å². The van der Waals surface area contributed by atoms with E-state index in [0.29, 0.717) is 11.7 Å². The molecule has 1 aliphatic carbocycles. The molecule has 0 saturated heterocycles. The first-order valence-corrected chi connectivity index (χ1v) is 10.1. The highest BCUT2D eigenvalue weighted by atomic mass is 32.2. The first-order valence-electron chi connectivity index (χ1n) is 8.30. The van der Waals surface area contributed by atoms with Gasteiger partial charge in [-0.05, 0) is 41.6 Å². The van der Waals surface area contributed by atoms with Crippen LogP contribution in [0.5, 0.6) is 0 Å². The van der Waals surface area contributed by atoms with Crippen molar-refractivity contribution in [2.75, 3.05) is 0 Å². The molecule has 9 heteroatoms. The summed E-state index contributed by atoms with van der Waals surface area (Å²) in [6.07, 6.45) is 4.54. The second kappa shape index (κ2) is 7.97. The molecule has 1 saturated carbocycles. The first kappa shape index (κ1) is 17.9. The molecule has 1 fully saturated rings. The number of thiophene rings is 1. The zero-order chi connectivity index (χ0) is 17.7. The van der Waals surface area contributed by atoms with Gasteiger partial charge in [0.05, 0.1) is 17.9 Å². The summed E-state index contributed by atoms with van der Waals surface area (Å²) in [5.41, 5.74) is -0.715. The van der Waals surface area contributed by atoms with Gasteiger partial charge in [-0.25, -0.2) is 4.68 Å². The van der Waals surface area contributed by atoms with E-state index in [1.54, 1.807) is 16.0 Å². The number of carbonyl (C=O) groups is 1. The zero-order valence-corrected chi connectivity index (χ0v) is 15.6. The molecule has 1 amide bonds. The molecule has 3 rings (SSSR count). The predicted octanol–water partition coefficient (Wildman–Crippen LogP) is 2.61. The van der Waals surface area contributed by atoms with E-state index in [4.69, 9.17) is 0 Å². The number of carbonyl (C=O) groups excluding carboxylic acids is 1. The minimum Gasteiger partial charge on any atom is -0.337 e. The summed E-state index contributed by atoms with van der Waals surface area (Å²) >= 11 is 2.95. The van der Waals surface area contributed by atoms with Gasteiger partial charge in [-0.3, -0.25) is 4.79 Å². The molecule has 2 heterocycles. The third kappa shape index (κ3) is 4.38. The van der Waals surface area contributed by atoms with Crippen molar-refractivity contribution in [3.63, 3.8) is 0 Å². The van der Waals surface area contributed by atoms with E-state index in [9.17, 15) is 10.1 Å². The fourth-order valence-corrected chi connectivity index (χ4v) is 4.37. The fourth-order valence-electron chi connectivity index (χ4n) is 2.90. The van der Waals surface area contributed by atoms with Crippen LogP contribution in [0.2, 0.25) is 0 Å². The van der Waals surface area contributed by atoms with E-state index in [1.165, 1.54) is 11.8 Å². The number of nitrogens with one attached hydrogen (secondary N) is 1. The molecule has 0 spiro atoms. The average molecular weight is 377 g/mol. The minimum atomic E-state index is -0.715. The number of aromatic nitrogens is 4. The molecular formula is C16H20N6OS2. The molecule has 1 atom stereocenters. The standard InChI is InChI=1S/C16H20N6OS2/c1-12(14(23)18-16(11-17)7-3-2-4-8-16)25-15-19-20-21-22(15)10-13-6-5-9-24-13/h5-6,9,12H,2-4,7-8,10H2,1H3,(H,18,23). The van der Waals surface area contributed by atoms with Crippen LogP contribution in [0.25, 0.3) is 0 Å². The van der Waals surface area contributed by atoms with Gasteiger partial charge in [0.15, 0.2) is 0 Å². The van der Waals surface area contributed by atoms with Gasteiger partial charge in [-0.15, -0.1) is 16.4 Å². The molecule has 2 aromatic heterocycles. The Morgan fingerprint density at radius 3 is 3.00 bits per heavy atom. The van der Waals surface area contributed by atoms with Crippen LogP contribution in [0.4, 0.5) is 0 Å². The van der Waals surface area contributed by atoms with E-state index >= 15 is 0 Å². The molecule has 0 radical (unpaired) electrons. The highest BCUT2D eigenvalue weighted by molar-refractivity contribution is 8.00. The van der Waals surface area contributed by atoms with Gasteiger partial charge >= 0.3 is 0 Å². The van der Waals surface area contributed by atoms with Gasteiger partial charge in [0, 0.05) is 4.88 Å². The van der Waals surface area contributed by atoms with Crippen molar-refractivity contribution in [1.29, 1.82) is 5.26 Å². The SMILES string of the molecule is CC(Sc1nnnn1Cc1cccs1)C(=O)NC1(C#N)CCCCC1. The van der Waals surface area contributed by atoms with Gasteiger partial charge in [0.2, 0.25) is 11.1 Å². The lowest BCUT2D eigenvalue weighted by Gasteiger charge is -2.32. The Hall–Kier alpha value is -1.92. The molecule has 1 unspecified atom stereocenters. The highest BCUT2D eigenvalue weighted by Crippen LogP contribution is 2.29. The van der Waals surface area contributed by atoms with Crippen LogP contribution in [0.1, 0.15) is 43.9 Å². The van der Waals surface area contributed by atoms with Gasteiger partial charge in [0.1, 0.15) is 5.54 Å². The summed E-state index contributed by atoms with van der Waals surface area (Å²) in [5.74, 6) is -0.140. The van der Waals surface area contributed by atoms with Crippen LogP contribution in [0.3, 0.4) is 0 Å². The average Bonchev–Trinajstić information content (AvgIpc) is 3.28. The maximum absolute atomic E-state index is 12.6. The molecule has 0 bridgehead atoms.